The summed E-state index contributed by atoms with van der Waals surface area (Å²) in [6, 6.07) is 9.78. The number of sulfonamides is 1. The van der Waals surface area contributed by atoms with Crippen LogP contribution in [0.1, 0.15) is 66.1 Å². The average molecular weight is 438 g/mol. The molecule has 0 radical (unpaired) electrons. The lowest BCUT2D eigenvalue weighted by Crippen LogP contribution is -2.29. The molecule has 5 rings (SSSR count). The summed E-state index contributed by atoms with van der Waals surface area (Å²) in [5.41, 5.74) is 6.32. The Morgan fingerprint density at radius 1 is 1.13 bits per heavy atom. The lowest BCUT2D eigenvalue weighted by molar-refractivity contribution is 0.0982. The van der Waals surface area contributed by atoms with Gasteiger partial charge < -0.3 is 4.57 Å². The van der Waals surface area contributed by atoms with Gasteiger partial charge >= 0.3 is 0 Å². The van der Waals surface area contributed by atoms with E-state index >= 15 is 0 Å². The van der Waals surface area contributed by atoms with Crippen LogP contribution in [-0.2, 0) is 23.0 Å². The highest BCUT2D eigenvalue weighted by Crippen LogP contribution is 2.45. The molecule has 7 heteroatoms. The number of rotatable bonds is 3. The van der Waals surface area contributed by atoms with Crippen LogP contribution >= 0.6 is 0 Å². The minimum Gasteiger partial charge on any atom is -0.340 e. The Hall–Kier alpha value is -2.67. The fourth-order valence-electron chi connectivity index (χ4n) is 5.33. The highest BCUT2D eigenvalue weighted by atomic mass is 32.2. The van der Waals surface area contributed by atoms with Crippen molar-refractivity contribution >= 4 is 26.8 Å². The van der Waals surface area contributed by atoms with E-state index in [-0.39, 0.29) is 0 Å². The van der Waals surface area contributed by atoms with Crippen LogP contribution in [0.4, 0.5) is 0 Å². The number of fused-ring (bicyclic) bond motifs is 5. The van der Waals surface area contributed by atoms with Crippen LogP contribution in [0.2, 0.25) is 0 Å². The van der Waals surface area contributed by atoms with Crippen LogP contribution < -0.4 is 4.72 Å². The Bertz CT molecular complexity index is 1270. The third-order valence-electron chi connectivity index (χ3n) is 6.60. The van der Waals surface area contributed by atoms with Crippen molar-refractivity contribution in [1.29, 1.82) is 0 Å². The Morgan fingerprint density at radius 2 is 1.94 bits per heavy atom. The number of benzene rings is 1. The van der Waals surface area contributed by atoms with Crippen LogP contribution in [0.25, 0.3) is 22.2 Å². The zero-order chi connectivity index (χ0) is 21.6. The third-order valence-corrected chi connectivity index (χ3v) is 7.15. The van der Waals surface area contributed by atoms with E-state index in [0.717, 1.165) is 36.9 Å². The molecule has 1 aromatic carbocycles. The van der Waals surface area contributed by atoms with Gasteiger partial charge in [-0.05, 0) is 61.4 Å². The van der Waals surface area contributed by atoms with Gasteiger partial charge in [-0.3, -0.25) is 9.78 Å². The molecule has 0 saturated heterocycles. The maximum atomic E-state index is 12.5. The molecule has 0 bridgehead atoms. The SMILES string of the molecule is CS(=O)(=O)NC(=O)c1ccc2c(C3CCCCC3)c3n(c2c1)CCCc1ncccc1-3. The van der Waals surface area contributed by atoms with Gasteiger partial charge in [0.2, 0.25) is 10.0 Å². The molecule has 0 spiro atoms. The molecule has 1 aliphatic carbocycles. The number of carbonyl (C=O) groups is 1. The molecule has 0 atom stereocenters. The van der Waals surface area contributed by atoms with Crippen molar-refractivity contribution in [2.45, 2.75) is 57.4 Å². The van der Waals surface area contributed by atoms with Gasteiger partial charge in [-0.25, -0.2) is 13.1 Å². The zero-order valence-corrected chi connectivity index (χ0v) is 18.5. The zero-order valence-electron chi connectivity index (χ0n) is 17.7. The largest absolute Gasteiger partial charge is 0.340 e. The second-order valence-corrected chi connectivity index (χ2v) is 10.5. The molecule has 1 saturated carbocycles. The van der Waals surface area contributed by atoms with E-state index in [1.54, 1.807) is 6.07 Å². The molecule has 1 fully saturated rings. The number of nitrogens with one attached hydrogen (secondary N) is 1. The van der Waals surface area contributed by atoms with Crippen molar-refractivity contribution in [3.63, 3.8) is 0 Å². The number of hydrogen-bond donors (Lipinski definition) is 1. The first-order valence-corrected chi connectivity index (χ1v) is 12.9. The van der Waals surface area contributed by atoms with Gasteiger partial charge in [-0.1, -0.05) is 25.3 Å². The topological polar surface area (TPSA) is 81.1 Å². The van der Waals surface area contributed by atoms with Crippen LogP contribution in [0, 0.1) is 0 Å². The first-order valence-electron chi connectivity index (χ1n) is 11.0. The number of hydrogen-bond acceptors (Lipinski definition) is 4. The van der Waals surface area contributed by atoms with E-state index in [4.69, 9.17) is 0 Å². The maximum Gasteiger partial charge on any atom is 0.264 e. The Balaban J connectivity index is 1.75. The number of pyridine rings is 1. The van der Waals surface area contributed by atoms with Crippen molar-refractivity contribution in [2.75, 3.05) is 6.26 Å². The van der Waals surface area contributed by atoms with E-state index < -0.39 is 15.9 Å². The number of nitrogens with zero attached hydrogens (tertiary/aromatic N) is 2. The summed E-state index contributed by atoms with van der Waals surface area (Å²) in [6.45, 7) is 0.853. The smallest absolute Gasteiger partial charge is 0.264 e. The van der Waals surface area contributed by atoms with Crippen LogP contribution in [0.15, 0.2) is 36.5 Å². The molecule has 3 heterocycles. The molecule has 0 unspecified atom stereocenters. The Labute approximate surface area is 182 Å². The van der Waals surface area contributed by atoms with Crippen LogP contribution in [-0.4, -0.2) is 30.1 Å². The lowest BCUT2D eigenvalue weighted by Gasteiger charge is -2.23. The molecule has 162 valence electrons. The van der Waals surface area contributed by atoms with Crippen molar-refractivity contribution < 1.29 is 13.2 Å². The maximum absolute atomic E-state index is 12.5. The van der Waals surface area contributed by atoms with E-state index in [0.29, 0.717) is 11.5 Å². The van der Waals surface area contributed by atoms with Gasteiger partial charge in [0.15, 0.2) is 0 Å². The fourth-order valence-corrected chi connectivity index (χ4v) is 5.78. The number of amides is 1. The lowest BCUT2D eigenvalue weighted by atomic mass is 9.81. The normalized spacial score (nSPS) is 17.1. The fraction of sp³-hybridized carbons (Fsp3) is 0.417. The van der Waals surface area contributed by atoms with Gasteiger partial charge in [0.05, 0.1) is 11.9 Å². The predicted octanol–water partition coefficient (Wildman–Crippen LogP) is 4.39. The summed E-state index contributed by atoms with van der Waals surface area (Å²) >= 11 is 0. The second kappa shape index (κ2) is 7.79. The summed E-state index contributed by atoms with van der Waals surface area (Å²) in [4.78, 5) is 17.2. The first kappa shape index (κ1) is 20.2. The predicted molar refractivity (Wildman–Crippen MR) is 122 cm³/mol. The quantitative estimate of drug-likeness (QED) is 0.659. The van der Waals surface area contributed by atoms with Gasteiger partial charge in [-0.2, -0.15) is 0 Å². The Kier molecular flexibility index (Phi) is 5.08. The van der Waals surface area contributed by atoms with Crippen LogP contribution in [0.5, 0.6) is 0 Å². The number of aryl methyl sites for hydroxylation is 2. The first-order chi connectivity index (χ1) is 14.9. The summed E-state index contributed by atoms with van der Waals surface area (Å²) in [6.07, 6.45) is 10.9. The third kappa shape index (κ3) is 3.76. The molecular formula is C24H27N3O3S. The van der Waals surface area contributed by atoms with Crippen LogP contribution in [0.3, 0.4) is 0 Å². The second-order valence-electron chi connectivity index (χ2n) is 8.79. The minimum absolute atomic E-state index is 0.365. The van der Waals surface area contributed by atoms with Crippen molar-refractivity contribution in [2.24, 2.45) is 0 Å². The molecule has 6 nitrogen and oxygen atoms in total. The molecule has 2 aromatic heterocycles. The van der Waals surface area contributed by atoms with Crippen molar-refractivity contribution in [3.8, 4) is 11.3 Å². The van der Waals surface area contributed by atoms with E-state index in [2.05, 4.69) is 20.3 Å². The van der Waals surface area contributed by atoms with Gasteiger partial charge in [0.25, 0.3) is 5.91 Å². The summed E-state index contributed by atoms with van der Waals surface area (Å²) in [5, 5.41) is 1.18. The van der Waals surface area contributed by atoms with Gasteiger partial charge in [0, 0.05) is 40.5 Å². The average Bonchev–Trinajstić information content (AvgIpc) is 2.94. The molecule has 2 aliphatic rings. The summed E-state index contributed by atoms with van der Waals surface area (Å²) < 4.78 is 27.6. The summed E-state index contributed by atoms with van der Waals surface area (Å²) in [7, 11) is -3.61. The van der Waals surface area contributed by atoms with E-state index in [1.165, 1.54) is 54.3 Å². The molecule has 1 aliphatic heterocycles. The van der Waals surface area contributed by atoms with Gasteiger partial charge in [-0.15, -0.1) is 0 Å². The molecular weight excluding hydrogens is 410 g/mol. The number of aromatic nitrogens is 2. The number of carbonyl (C=O) groups excluding carboxylic acids is 1. The molecule has 1 N–H and O–H groups in total. The van der Waals surface area contributed by atoms with E-state index in [1.807, 2.05) is 24.4 Å². The Morgan fingerprint density at radius 3 is 2.71 bits per heavy atom. The minimum atomic E-state index is -3.61. The molecule has 31 heavy (non-hydrogen) atoms. The molecule has 1 amide bonds. The van der Waals surface area contributed by atoms with Crippen molar-refractivity contribution in [1.82, 2.24) is 14.3 Å². The van der Waals surface area contributed by atoms with Crippen molar-refractivity contribution in [3.05, 3.63) is 53.3 Å². The summed E-state index contributed by atoms with van der Waals surface area (Å²) in [5.74, 6) is -0.0933. The standard InChI is InChI=1S/C24H27N3O3S/c1-31(29,30)26-24(28)17-11-12-19-21(15-17)27-14-6-10-20-18(9-5-13-25-20)23(27)22(19)16-7-3-2-4-8-16/h5,9,11-13,15-16H,2-4,6-8,10,14H2,1H3,(H,26,28). The van der Waals surface area contributed by atoms with Gasteiger partial charge in [0.1, 0.15) is 0 Å². The highest BCUT2D eigenvalue weighted by Gasteiger charge is 2.29. The monoisotopic (exact) mass is 437 g/mol. The highest BCUT2D eigenvalue weighted by molar-refractivity contribution is 7.89. The van der Waals surface area contributed by atoms with E-state index in [9.17, 15) is 13.2 Å². The molecule has 3 aromatic rings.